The van der Waals surface area contributed by atoms with Gasteiger partial charge in [-0.25, -0.2) is 0 Å². The van der Waals surface area contributed by atoms with Gasteiger partial charge in [0.1, 0.15) is 0 Å². The van der Waals surface area contributed by atoms with E-state index in [-0.39, 0.29) is 5.41 Å². The number of fused-ring (bicyclic) bond motifs is 3. The molecule has 0 heterocycles. The summed E-state index contributed by atoms with van der Waals surface area (Å²) < 4.78 is 0. The number of allylic oxidation sites excluding steroid dienone is 4. The maximum Gasteiger partial charge on any atom is 0.0158 e. The molecule has 0 fully saturated rings. The summed E-state index contributed by atoms with van der Waals surface area (Å²) in [6, 6.07) is 15.8. The molecule has 2 aromatic rings. The van der Waals surface area contributed by atoms with Gasteiger partial charge in [0, 0.05) is 5.41 Å². The molecule has 1 atom stereocenters. The van der Waals surface area contributed by atoms with Crippen LogP contribution in [0.2, 0.25) is 0 Å². The minimum atomic E-state index is 0.107. The van der Waals surface area contributed by atoms with Crippen LogP contribution in [0, 0.1) is 5.92 Å². The standard InChI is InChI=1S/C22H22/c1-15-8-10-16(11-9-15)17-12-13-21-19(14-17)18-6-4-5-7-20(18)22(21,2)3/h4-8,10-15H,9H2,1-3H3. The minimum absolute atomic E-state index is 0.107. The Morgan fingerprint density at radius 2 is 1.73 bits per heavy atom. The van der Waals surface area contributed by atoms with Crippen molar-refractivity contribution in [1.29, 1.82) is 0 Å². The fourth-order valence-corrected chi connectivity index (χ4v) is 3.84. The second kappa shape index (κ2) is 4.71. The van der Waals surface area contributed by atoms with E-state index in [2.05, 4.69) is 81.5 Å². The molecule has 0 amide bonds. The van der Waals surface area contributed by atoms with E-state index in [1.807, 2.05) is 0 Å². The van der Waals surface area contributed by atoms with Crippen LogP contribution in [-0.4, -0.2) is 0 Å². The normalized spacial score (nSPS) is 21.2. The Balaban J connectivity index is 1.86. The predicted molar refractivity (Wildman–Crippen MR) is 94.9 cm³/mol. The highest BCUT2D eigenvalue weighted by molar-refractivity contribution is 5.85. The van der Waals surface area contributed by atoms with Crippen molar-refractivity contribution in [3.63, 3.8) is 0 Å². The van der Waals surface area contributed by atoms with Crippen molar-refractivity contribution in [2.24, 2.45) is 5.92 Å². The van der Waals surface area contributed by atoms with Crippen LogP contribution in [0.4, 0.5) is 0 Å². The van der Waals surface area contributed by atoms with Crippen LogP contribution in [-0.2, 0) is 5.41 Å². The number of hydrogen-bond acceptors (Lipinski definition) is 0. The molecule has 0 saturated heterocycles. The van der Waals surface area contributed by atoms with Gasteiger partial charge < -0.3 is 0 Å². The van der Waals surface area contributed by atoms with Gasteiger partial charge in [-0.05, 0) is 51.8 Å². The van der Waals surface area contributed by atoms with Gasteiger partial charge in [0.25, 0.3) is 0 Å². The number of hydrogen-bond donors (Lipinski definition) is 0. The van der Waals surface area contributed by atoms with Crippen molar-refractivity contribution in [1.82, 2.24) is 0 Å². The number of benzene rings is 2. The van der Waals surface area contributed by atoms with Crippen LogP contribution < -0.4 is 0 Å². The monoisotopic (exact) mass is 286 g/mol. The van der Waals surface area contributed by atoms with E-state index in [1.54, 1.807) is 0 Å². The Bertz CT molecular complexity index is 803. The van der Waals surface area contributed by atoms with Crippen LogP contribution in [0.5, 0.6) is 0 Å². The zero-order chi connectivity index (χ0) is 15.3. The largest absolute Gasteiger partial charge is 0.0808 e. The highest BCUT2D eigenvalue weighted by atomic mass is 14.4. The maximum atomic E-state index is 2.38. The Kier molecular flexibility index (Phi) is 2.91. The molecule has 110 valence electrons. The summed E-state index contributed by atoms with van der Waals surface area (Å²) in [6.07, 6.45) is 8.12. The van der Waals surface area contributed by atoms with Gasteiger partial charge in [-0.3, -0.25) is 0 Å². The molecule has 0 bridgehead atoms. The molecule has 0 radical (unpaired) electrons. The van der Waals surface area contributed by atoms with Crippen molar-refractivity contribution in [3.8, 4) is 11.1 Å². The van der Waals surface area contributed by atoms with Crippen molar-refractivity contribution >= 4 is 5.57 Å². The lowest BCUT2D eigenvalue weighted by Gasteiger charge is -2.21. The van der Waals surface area contributed by atoms with Crippen LogP contribution >= 0.6 is 0 Å². The summed E-state index contributed by atoms with van der Waals surface area (Å²) in [5, 5.41) is 0. The van der Waals surface area contributed by atoms with Gasteiger partial charge in [0.15, 0.2) is 0 Å². The molecular weight excluding hydrogens is 264 g/mol. The van der Waals surface area contributed by atoms with E-state index >= 15 is 0 Å². The SMILES string of the molecule is CC1C=CC(c2ccc3c(c2)-c2ccccc2C3(C)C)=CC1. The van der Waals surface area contributed by atoms with E-state index in [4.69, 9.17) is 0 Å². The van der Waals surface area contributed by atoms with Gasteiger partial charge in [0.05, 0.1) is 0 Å². The first kappa shape index (κ1) is 13.6. The Morgan fingerprint density at radius 1 is 0.955 bits per heavy atom. The van der Waals surface area contributed by atoms with Crippen molar-refractivity contribution in [2.45, 2.75) is 32.6 Å². The van der Waals surface area contributed by atoms with Crippen LogP contribution in [0.1, 0.15) is 43.9 Å². The molecule has 0 heteroatoms. The molecule has 0 saturated carbocycles. The van der Waals surface area contributed by atoms with E-state index in [1.165, 1.54) is 33.4 Å². The lowest BCUT2D eigenvalue weighted by molar-refractivity contribution is 0.660. The third-order valence-electron chi connectivity index (χ3n) is 5.23. The first-order chi connectivity index (χ1) is 10.6. The quantitative estimate of drug-likeness (QED) is 0.605. The molecular formula is C22H22. The van der Waals surface area contributed by atoms with Crippen molar-refractivity contribution in [2.75, 3.05) is 0 Å². The fourth-order valence-electron chi connectivity index (χ4n) is 3.84. The first-order valence-corrected chi connectivity index (χ1v) is 8.20. The molecule has 2 aliphatic rings. The Hall–Kier alpha value is -2.08. The lowest BCUT2D eigenvalue weighted by Crippen LogP contribution is -2.14. The van der Waals surface area contributed by atoms with E-state index in [9.17, 15) is 0 Å². The van der Waals surface area contributed by atoms with Gasteiger partial charge in [-0.2, -0.15) is 0 Å². The minimum Gasteiger partial charge on any atom is -0.0808 e. The van der Waals surface area contributed by atoms with Crippen molar-refractivity contribution in [3.05, 3.63) is 77.4 Å². The first-order valence-electron chi connectivity index (χ1n) is 8.20. The molecule has 0 aromatic heterocycles. The second-order valence-electron chi connectivity index (χ2n) is 7.16. The highest BCUT2D eigenvalue weighted by Gasteiger charge is 2.35. The Morgan fingerprint density at radius 3 is 2.50 bits per heavy atom. The van der Waals surface area contributed by atoms with E-state index in [0.717, 1.165) is 6.42 Å². The molecule has 0 N–H and O–H groups in total. The van der Waals surface area contributed by atoms with Gasteiger partial charge in [-0.15, -0.1) is 0 Å². The fraction of sp³-hybridized carbons (Fsp3) is 0.273. The average Bonchev–Trinajstić information content (AvgIpc) is 2.77. The summed E-state index contributed by atoms with van der Waals surface area (Å²) >= 11 is 0. The van der Waals surface area contributed by atoms with Gasteiger partial charge in [0.2, 0.25) is 0 Å². The Labute approximate surface area is 133 Å². The van der Waals surface area contributed by atoms with Crippen molar-refractivity contribution < 1.29 is 0 Å². The number of rotatable bonds is 1. The maximum absolute atomic E-state index is 2.38. The summed E-state index contributed by atoms with van der Waals surface area (Å²) in [6.45, 7) is 6.93. The van der Waals surface area contributed by atoms with E-state index < -0.39 is 0 Å². The molecule has 0 aliphatic heterocycles. The lowest BCUT2D eigenvalue weighted by atomic mass is 9.82. The van der Waals surface area contributed by atoms with E-state index in [0.29, 0.717) is 5.92 Å². The summed E-state index contributed by atoms with van der Waals surface area (Å²) in [4.78, 5) is 0. The molecule has 2 aliphatic carbocycles. The van der Waals surface area contributed by atoms with Gasteiger partial charge in [-0.1, -0.05) is 75.4 Å². The third-order valence-corrected chi connectivity index (χ3v) is 5.23. The molecule has 1 unspecified atom stereocenters. The highest BCUT2D eigenvalue weighted by Crippen LogP contribution is 2.49. The molecule has 22 heavy (non-hydrogen) atoms. The third kappa shape index (κ3) is 1.90. The summed E-state index contributed by atoms with van der Waals surface area (Å²) in [5.41, 5.74) is 8.52. The zero-order valence-corrected chi connectivity index (χ0v) is 13.6. The van der Waals surface area contributed by atoms with Gasteiger partial charge >= 0.3 is 0 Å². The average molecular weight is 286 g/mol. The molecule has 4 rings (SSSR count). The molecule has 0 nitrogen and oxygen atoms in total. The zero-order valence-electron chi connectivity index (χ0n) is 13.6. The van der Waals surface area contributed by atoms with Crippen LogP contribution in [0.25, 0.3) is 16.7 Å². The molecule has 0 spiro atoms. The summed E-state index contributed by atoms with van der Waals surface area (Å²) in [5.74, 6) is 0.665. The smallest absolute Gasteiger partial charge is 0.0158 e. The summed E-state index contributed by atoms with van der Waals surface area (Å²) in [7, 11) is 0. The topological polar surface area (TPSA) is 0 Å². The van der Waals surface area contributed by atoms with Crippen LogP contribution in [0.15, 0.2) is 60.7 Å². The second-order valence-corrected chi connectivity index (χ2v) is 7.16. The molecule has 2 aromatic carbocycles. The van der Waals surface area contributed by atoms with Crippen LogP contribution in [0.3, 0.4) is 0 Å². The predicted octanol–water partition coefficient (Wildman–Crippen LogP) is 5.97.